The Morgan fingerprint density at radius 1 is 1.41 bits per heavy atom. The van der Waals surface area contributed by atoms with Gasteiger partial charge in [-0.15, -0.1) is 0 Å². The first-order valence-corrected chi connectivity index (χ1v) is 5.22. The van der Waals surface area contributed by atoms with Gasteiger partial charge in [0, 0.05) is 11.8 Å². The molecule has 2 rings (SSSR count). The Bertz CT molecular complexity index is 444. The molecule has 0 saturated heterocycles. The molecule has 1 heterocycles. The maximum atomic E-state index is 11.4. The van der Waals surface area contributed by atoms with Crippen molar-refractivity contribution in [3.05, 3.63) is 30.9 Å². The van der Waals surface area contributed by atoms with Crippen LogP contribution in [0.3, 0.4) is 0 Å². The van der Waals surface area contributed by atoms with E-state index < -0.39 is 12.0 Å². The van der Waals surface area contributed by atoms with Gasteiger partial charge in [0.1, 0.15) is 13.2 Å². The van der Waals surface area contributed by atoms with Crippen LogP contribution in [0.4, 0.5) is 5.69 Å². The van der Waals surface area contributed by atoms with Gasteiger partial charge in [-0.05, 0) is 12.1 Å². The van der Waals surface area contributed by atoms with Crippen LogP contribution >= 0.6 is 0 Å². The predicted molar refractivity (Wildman–Crippen MR) is 62.3 cm³/mol. The number of rotatable bonds is 3. The first kappa shape index (κ1) is 11.5. The SMILES string of the molecule is C=CC(O)C(=O)Nc1ccc2c(c1)OCCO2. The average Bonchev–Trinajstić information content (AvgIpc) is 2.37. The van der Waals surface area contributed by atoms with Gasteiger partial charge < -0.3 is 19.9 Å². The first-order valence-electron chi connectivity index (χ1n) is 5.22. The second kappa shape index (κ2) is 4.88. The number of hydrogen-bond acceptors (Lipinski definition) is 4. The van der Waals surface area contributed by atoms with Gasteiger partial charge >= 0.3 is 0 Å². The average molecular weight is 235 g/mol. The van der Waals surface area contributed by atoms with Crippen LogP contribution in [0, 0.1) is 0 Å². The third-order valence-electron chi connectivity index (χ3n) is 2.30. The Morgan fingerprint density at radius 3 is 2.82 bits per heavy atom. The number of nitrogens with one attached hydrogen (secondary N) is 1. The molecule has 0 aliphatic carbocycles. The highest BCUT2D eigenvalue weighted by Crippen LogP contribution is 2.32. The molecular weight excluding hydrogens is 222 g/mol. The molecule has 1 aromatic rings. The van der Waals surface area contributed by atoms with Crippen LogP contribution in [-0.4, -0.2) is 30.3 Å². The summed E-state index contributed by atoms with van der Waals surface area (Å²) < 4.78 is 10.7. The van der Waals surface area contributed by atoms with Crippen molar-refractivity contribution in [1.82, 2.24) is 0 Å². The number of ether oxygens (including phenoxy) is 2. The van der Waals surface area contributed by atoms with E-state index >= 15 is 0 Å². The molecule has 1 aliphatic rings. The van der Waals surface area contributed by atoms with E-state index in [9.17, 15) is 9.90 Å². The summed E-state index contributed by atoms with van der Waals surface area (Å²) in [6.45, 7) is 4.35. The van der Waals surface area contributed by atoms with Gasteiger partial charge in [-0.3, -0.25) is 4.79 Å². The zero-order valence-electron chi connectivity index (χ0n) is 9.18. The summed E-state index contributed by atoms with van der Waals surface area (Å²) in [5, 5.41) is 11.8. The number of aliphatic hydroxyl groups excluding tert-OH is 1. The molecule has 1 atom stereocenters. The lowest BCUT2D eigenvalue weighted by Gasteiger charge is -2.19. The summed E-state index contributed by atoms with van der Waals surface area (Å²) in [4.78, 5) is 11.4. The number of aliphatic hydroxyl groups is 1. The van der Waals surface area contributed by atoms with Crippen LogP contribution in [0.25, 0.3) is 0 Å². The van der Waals surface area contributed by atoms with Crippen LogP contribution in [0.5, 0.6) is 11.5 Å². The molecule has 0 spiro atoms. The molecular formula is C12H13NO4. The van der Waals surface area contributed by atoms with Crippen molar-refractivity contribution in [3.63, 3.8) is 0 Å². The summed E-state index contributed by atoms with van der Waals surface area (Å²) in [5.41, 5.74) is 0.542. The third-order valence-corrected chi connectivity index (χ3v) is 2.30. The lowest BCUT2D eigenvalue weighted by molar-refractivity contribution is -0.121. The minimum Gasteiger partial charge on any atom is -0.486 e. The van der Waals surface area contributed by atoms with E-state index in [0.29, 0.717) is 30.4 Å². The Morgan fingerprint density at radius 2 is 2.12 bits per heavy atom. The van der Waals surface area contributed by atoms with Crippen molar-refractivity contribution in [1.29, 1.82) is 0 Å². The summed E-state index contributed by atoms with van der Waals surface area (Å²) >= 11 is 0. The molecule has 0 saturated carbocycles. The van der Waals surface area contributed by atoms with Gasteiger partial charge in [-0.2, -0.15) is 0 Å². The van der Waals surface area contributed by atoms with Gasteiger partial charge in [0.15, 0.2) is 17.6 Å². The van der Waals surface area contributed by atoms with E-state index in [1.54, 1.807) is 18.2 Å². The molecule has 1 unspecified atom stereocenters. The number of amides is 1. The Hall–Kier alpha value is -2.01. The third kappa shape index (κ3) is 2.57. The van der Waals surface area contributed by atoms with Crippen molar-refractivity contribution in [2.75, 3.05) is 18.5 Å². The van der Waals surface area contributed by atoms with E-state index in [1.807, 2.05) is 0 Å². The predicted octanol–water partition coefficient (Wildman–Crippen LogP) is 0.943. The van der Waals surface area contributed by atoms with Crippen molar-refractivity contribution in [2.45, 2.75) is 6.10 Å². The molecule has 2 N–H and O–H groups in total. The minimum absolute atomic E-state index is 0.486. The Balaban J connectivity index is 2.12. The van der Waals surface area contributed by atoms with E-state index in [4.69, 9.17) is 9.47 Å². The van der Waals surface area contributed by atoms with Gasteiger partial charge in [0.05, 0.1) is 0 Å². The fourth-order valence-corrected chi connectivity index (χ4v) is 1.44. The fraction of sp³-hybridized carbons (Fsp3) is 0.250. The van der Waals surface area contributed by atoms with E-state index in [2.05, 4.69) is 11.9 Å². The highest BCUT2D eigenvalue weighted by atomic mass is 16.6. The molecule has 17 heavy (non-hydrogen) atoms. The summed E-state index contributed by atoms with van der Waals surface area (Å²) in [7, 11) is 0. The zero-order valence-corrected chi connectivity index (χ0v) is 9.18. The summed E-state index contributed by atoms with van der Waals surface area (Å²) in [6.07, 6.45) is -0.0592. The molecule has 0 bridgehead atoms. The van der Waals surface area contributed by atoms with Crippen molar-refractivity contribution < 1.29 is 19.4 Å². The number of hydrogen-bond donors (Lipinski definition) is 2. The van der Waals surface area contributed by atoms with Gasteiger partial charge in [0.2, 0.25) is 0 Å². The Kier molecular flexibility index (Phi) is 3.30. The van der Waals surface area contributed by atoms with Crippen molar-refractivity contribution in [3.8, 4) is 11.5 Å². The normalized spacial score (nSPS) is 14.9. The second-order valence-electron chi connectivity index (χ2n) is 3.53. The topological polar surface area (TPSA) is 67.8 Å². The fourth-order valence-electron chi connectivity index (χ4n) is 1.44. The quantitative estimate of drug-likeness (QED) is 0.765. The van der Waals surface area contributed by atoms with Crippen LogP contribution < -0.4 is 14.8 Å². The molecule has 0 fully saturated rings. The molecule has 0 aromatic heterocycles. The van der Waals surface area contributed by atoms with E-state index in [-0.39, 0.29) is 0 Å². The molecule has 1 amide bonds. The molecule has 5 heteroatoms. The summed E-state index contributed by atoms with van der Waals surface area (Å²) in [5.74, 6) is 0.706. The van der Waals surface area contributed by atoms with Crippen LogP contribution in [0.15, 0.2) is 30.9 Å². The molecule has 1 aromatic carbocycles. The van der Waals surface area contributed by atoms with E-state index in [0.717, 1.165) is 6.08 Å². The van der Waals surface area contributed by atoms with E-state index in [1.165, 1.54) is 0 Å². The number of anilines is 1. The van der Waals surface area contributed by atoms with Gasteiger partial charge in [-0.25, -0.2) is 0 Å². The van der Waals surface area contributed by atoms with Crippen LogP contribution in [-0.2, 0) is 4.79 Å². The largest absolute Gasteiger partial charge is 0.486 e. The molecule has 5 nitrogen and oxygen atoms in total. The molecule has 0 radical (unpaired) electrons. The van der Waals surface area contributed by atoms with Crippen LogP contribution in [0.1, 0.15) is 0 Å². The Labute approximate surface area is 98.7 Å². The second-order valence-corrected chi connectivity index (χ2v) is 3.53. The maximum Gasteiger partial charge on any atom is 0.257 e. The highest BCUT2D eigenvalue weighted by Gasteiger charge is 2.14. The number of benzene rings is 1. The molecule has 1 aliphatic heterocycles. The minimum atomic E-state index is -1.22. The van der Waals surface area contributed by atoms with Gasteiger partial charge in [-0.1, -0.05) is 12.7 Å². The van der Waals surface area contributed by atoms with Gasteiger partial charge in [0.25, 0.3) is 5.91 Å². The van der Waals surface area contributed by atoms with Crippen LogP contribution in [0.2, 0.25) is 0 Å². The zero-order chi connectivity index (χ0) is 12.3. The number of carbonyl (C=O) groups is 1. The number of carbonyl (C=O) groups excluding carboxylic acids is 1. The monoisotopic (exact) mass is 235 g/mol. The number of fused-ring (bicyclic) bond motifs is 1. The lowest BCUT2D eigenvalue weighted by atomic mass is 10.2. The molecule has 90 valence electrons. The summed E-state index contributed by atoms with van der Waals surface area (Å²) in [6, 6.07) is 5.05. The maximum absolute atomic E-state index is 11.4. The standard InChI is InChI=1S/C12H13NO4/c1-2-9(14)12(15)13-8-3-4-10-11(7-8)17-6-5-16-10/h2-4,7,9,14H,1,5-6H2,(H,13,15). The smallest absolute Gasteiger partial charge is 0.257 e. The van der Waals surface area contributed by atoms with Crippen molar-refractivity contribution in [2.24, 2.45) is 0 Å². The first-order chi connectivity index (χ1) is 8.20. The van der Waals surface area contributed by atoms with Crippen molar-refractivity contribution >= 4 is 11.6 Å². The lowest BCUT2D eigenvalue weighted by Crippen LogP contribution is -2.25. The highest BCUT2D eigenvalue weighted by molar-refractivity contribution is 5.95.